The number of carbonyl (C=O) groups is 1. The van der Waals surface area contributed by atoms with E-state index in [2.05, 4.69) is 5.32 Å². The quantitative estimate of drug-likeness (QED) is 0.661. The number of hydrogen-bond donors (Lipinski definition) is 1. The molecule has 118 valence electrons. The van der Waals surface area contributed by atoms with E-state index in [-0.39, 0.29) is 22.3 Å². The van der Waals surface area contributed by atoms with E-state index in [0.29, 0.717) is 5.02 Å². The van der Waals surface area contributed by atoms with Gasteiger partial charge in [0.1, 0.15) is 5.56 Å². The van der Waals surface area contributed by atoms with E-state index in [4.69, 9.17) is 23.2 Å². The molecule has 7 heteroatoms. The molecule has 2 aromatic rings. The van der Waals surface area contributed by atoms with E-state index in [1.165, 1.54) is 18.2 Å². The molecule has 1 N–H and O–H groups in total. The summed E-state index contributed by atoms with van der Waals surface area (Å²) in [5.74, 6) is -0.485. The van der Waals surface area contributed by atoms with Gasteiger partial charge in [0.15, 0.2) is 0 Å². The largest absolute Gasteiger partial charge is 0.345 e. The van der Waals surface area contributed by atoms with Crippen molar-refractivity contribution in [3.05, 3.63) is 73.2 Å². The summed E-state index contributed by atoms with van der Waals surface area (Å²) in [5.41, 5.74) is 1.79. The van der Waals surface area contributed by atoms with E-state index in [0.717, 1.165) is 24.0 Å². The fraction of sp³-hybridized carbons (Fsp3) is 0.188. The molecule has 0 aliphatic heterocycles. The molecule has 0 spiro atoms. The second-order valence-electron chi connectivity index (χ2n) is 5.33. The number of aryl methyl sites for hydroxylation is 1. The summed E-state index contributed by atoms with van der Waals surface area (Å²) < 4.78 is 0. The Bertz CT molecular complexity index is 808. The first-order chi connectivity index (χ1) is 11.0. The Hall–Kier alpha value is -2.11. The number of amides is 1. The Kier molecular flexibility index (Phi) is 4.24. The predicted octanol–water partition coefficient (Wildman–Crippen LogP) is 4.32. The van der Waals surface area contributed by atoms with Crippen molar-refractivity contribution in [2.45, 2.75) is 18.9 Å². The zero-order chi connectivity index (χ0) is 16.6. The molecule has 23 heavy (non-hydrogen) atoms. The van der Waals surface area contributed by atoms with Gasteiger partial charge in [-0.2, -0.15) is 0 Å². The molecule has 1 unspecified atom stereocenters. The van der Waals surface area contributed by atoms with Crippen molar-refractivity contribution in [1.29, 1.82) is 0 Å². The van der Waals surface area contributed by atoms with Gasteiger partial charge in [0.25, 0.3) is 11.6 Å². The number of benzene rings is 2. The highest BCUT2D eigenvalue weighted by Crippen LogP contribution is 2.33. The first kappa shape index (κ1) is 15.8. The summed E-state index contributed by atoms with van der Waals surface area (Å²) in [5, 5.41) is 14.8. The third-order valence-corrected chi connectivity index (χ3v) is 4.36. The highest BCUT2D eigenvalue weighted by Gasteiger charge is 2.27. The molecule has 1 amide bonds. The van der Waals surface area contributed by atoms with Crippen LogP contribution in [0.1, 0.15) is 33.9 Å². The number of nitro groups is 1. The van der Waals surface area contributed by atoms with Crippen molar-refractivity contribution in [1.82, 2.24) is 5.32 Å². The van der Waals surface area contributed by atoms with E-state index < -0.39 is 10.8 Å². The van der Waals surface area contributed by atoms with E-state index >= 15 is 0 Å². The number of hydrogen-bond acceptors (Lipinski definition) is 3. The molecule has 3 rings (SSSR count). The maximum Gasteiger partial charge on any atom is 0.283 e. The van der Waals surface area contributed by atoms with Crippen molar-refractivity contribution < 1.29 is 9.72 Å². The molecular weight excluding hydrogens is 339 g/mol. The highest BCUT2D eigenvalue weighted by molar-refractivity contribution is 6.31. The smallest absolute Gasteiger partial charge is 0.283 e. The van der Waals surface area contributed by atoms with E-state index in [9.17, 15) is 14.9 Å². The summed E-state index contributed by atoms with van der Waals surface area (Å²) in [6.07, 6.45) is 1.55. The molecule has 0 saturated heterocycles. The van der Waals surface area contributed by atoms with Crippen LogP contribution >= 0.6 is 23.2 Å². The Labute approximate surface area is 142 Å². The zero-order valence-electron chi connectivity index (χ0n) is 11.9. The molecule has 5 nitrogen and oxygen atoms in total. The molecule has 0 saturated carbocycles. The van der Waals surface area contributed by atoms with Crippen molar-refractivity contribution >= 4 is 34.8 Å². The lowest BCUT2D eigenvalue weighted by atomic mass is 10.1. The molecule has 0 aromatic heterocycles. The molecule has 0 bridgehead atoms. The van der Waals surface area contributed by atoms with E-state index in [1.54, 1.807) is 6.07 Å². The van der Waals surface area contributed by atoms with Crippen LogP contribution in [-0.2, 0) is 6.42 Å². The van der Waals surface area contributed by atoms with Gasteiger partial charge in [-0.05, 0) is 48.2 Å². The normalized spacial score (nSPS) is 16.0. The van der Waals surface area contributed by atoms with Gasteiger partial charge in [-0.3, -0.25) is 14.9 Å². The van der Waals surface area contributed by atoms with Crippen LogP contribution < -0.4 is 5.32 Å². The second-order valence-corrected chi connectivity index (χ2v) is 6.20. The average molecular weight is 351 g/mol. The van der Waals surface area contributed by atoms with Gasteiger partial charge in [0, 0.05) is 16.1 Å². The lowest BCUT2D eigenvalue weighted by Gasteiger charge is -2.14. The van der Waals surface area contributed by atoms with Crippen LogP contribution in [0.25, 0.3) is 0 Å². The summed E-state index contributed by atoms with van der Waals surface area (Å²) in [6, 6.07) is 9.37. The van der Waals surface area contributed by atoms with Gasteiger partial charge in [-0.1, -0.05) is 29.3 Å². The number of fused-ring (bicyclic) bond motifs is 1. The maximum atomic E-state index is 12.4. The molecule has 1 aliphatic rings. The van der Waals surface area contributed by atoms with Crippen LogP contribution in [0.4, 0.5) is 5.69 Å². The fourth-order valence-corrected chi connectivity index (χ4v) is 3.18. The summed E-state index contributed by atoms with van der Waals surface area (Å²) >= 11 is 11.7. The van der Waals surface area contributed by atoms with Crippen LogP contribution in [0.2, 0.25) is 10.0 Å². The Balaban J connectivity index is 1.86. The number of rotatable bonds is 3. The molecule has 1 aliphatic carbocycles. The minimum absolute atomic E-state index is 0.00168. The molecule has 2 aromatic carbocycles. The molecule has 0 fully saturated rings. The Morgan fingerprint density at radius 2 is 1.87 bits per heavy atom. The lowest BCUT2D eigenvalue weighted by Crippen LogP contribution is -2.27. The SMILES string of the molecule is O=C(NC1CCc2cc(Cl)ccc21)c1ccc(Cl)cc1[N+](=O)[O-]. The number of carbonyl (C=O) groups excluding carboxylic acids is 1. The van der Waals surface area contributed by atoms with Crippen molar-refractivity contribution in [2.24, 2.45) is 0 Å². The summed E-state index contributed by atoms with van der Waals surface area (Å²) in [7, 11) is 0. The monoisotopic (exact) mass is 350 g/mol. The topological polar surface area (TPSA) is 72.2 Å². The van der Waals surface area contributed by atoms with Gasteiger partial charge >= 0.3 is 0 Å². The Morgan fingerprint density at radius 1 is 1.17 bits per heavy atom. The number of halogens is 2. The van der Waals surface area contributed by atoms with Gasteiger partial charge in [-0.15, -0.1) is 0 Å². The molecule has 0 radical (unpaired) electrons. The molecule has 1 atom stereocenters. The van der Waals surface area contributed by atoms with Crippen molar-refractivity contribution in [3.63, 3.8) is 0 Å². The third-order valence-electron chi connectivity index (χ3n) is 3.89. The number of nitrogens with one attached hydrogen (secondary N) is 1. The van der Waals surface area contributed by atoms with Gasteiger partial charge in [0.2, 0.25) is 0 Å². The summed E-state index contributed by atoms with van der Waals surface area (Å²) in [6.45, 7) is 0. The zero-order valence-corrected chi connectivity index (χ0v) is 13.4. The first-order valence-corrected chi connectivity index (χ1v) is 7.74. The van der Waals surface area contributed by atoms with Crippen LogP contribution in [0, 0.1) is 10.1 Å². The number of nitrogens with zero attached hydrogens (tertiary/aromatic N) is 1. The lowest BCUT2D eigenvalue weighted by molar-refractivity contribution is -0.385. The maximum absolute atomic E-state index is 12.4. The van der Waals surface area contributed by atoms with Crippen LogP contribution in [0.15, 0.2) is 36.4 Å². The predicted molar refractivity (Wildman–Crippen MR) is 88.1 cm³/mol. The summed E-state index contributed by atoms with van der Waals surface area (Å²) in [4.78, 5) is 22.9. The third kappa shape index (κ3) is 3.16. The highest BCUT2D eigenvalue weighted by atomic mass is 35.5. The minimum atomic E-state index is -0.608. The minimum Gasteiger partial charge on any atom is -0.345 e. The van der Waals surface area contributed by atoms with Gasteiger partial charge in [0.05, 0.1) is 11.0 Å². The van der Waals surface area contributed by atoms with E-state index in [1.807, 2.05) is 12.1 Å². The van der Waals surface area contributed by atoms with Gasteiger partial charge < -0.3 is 5.32 Å². The molecule has 0 heterocycles. The fourth-order valence-electron chi connectivity index (χ4n) is 2.82. The van der Waals surface area contributed by atoms with Crippen molar-refractivity contribution in [2.75, 3.05) is 0 Å². The van der Waals surface area contributed by atoms with Crippen molar-refractivity contribution in [3.8, 4) is 0 Å². The molecular formula is C16H12Cl2N2O3. The van der Waals surface area contributed by atoms with Gasteiger partial charge in [-0.25, -0.2) is 0 Å². The van der Waals surface area contributed by atoms with Crippen LogP contribution in [0.3, 0.4) is 0 Å². The second kappa shape index (κ2) is 6.18. The Morgan fingerprint density at radius 3 is 2.61 bits per heavy atom. The van der Waals surface area contributed by atoms with Crippen LogP contribution in [-0.4, -0.2) is 10.8 Å². The average Bonchev–Trinajstić information content (AvgIpc) is 2.89. The number of nitro benzene ring substituents is 1. The standard InChI is InChI=1S/C16H12Cl2N2O3/c17-10-2-4-12-9(7-10)1-6-14(12)19-16(21)13-5-3-11(18)8-15(13)20(22)23/h2-5,7-8,14H,1,6H2,(H,19,21). The first-order valence-electron chi connectivity index (χ1n) is 6.99. The van der Waals surface area contributed by atoms with Crippen LogP contribution in [0.5, 0.6) is 0 Å².